The van der Waals surface area contributed by atoms with Crippen molar-refractivity contribution in [1.29, 1.82) is 0 Å². The zero-order chi connectivity index (χ0) is 12.4. The fraction of sp³-hybridized carbons (Fsp3) is 0.400. The molecule has 3 heteroatoms. The van der Waals surface area contributed by atoms with E-state index >= 15 is 0 Å². The number of benzene rings is 1. The summed E-state index contributed by atoms with van der Waals surface area (Å²) in [6.45, 7) is 0. The van der Waals surface area contributed by atoms with E-state index in [4.69, 9.17) is 5.84 Å². The second kappa shape index (κ2) is 5.04. The van der Waals surface area contributed by atoms with E-state index in [9.17, 15) is 0 Å². The first-order valence-electron chi connectivity index (χ1n) is 6.69. The number of aromatic nitrogens is 1. The van der Waals surface area contributed by atoms with Crippen LogP contribution in [0.25, 0.3) is 10.8 Å². The monoisotopic (exact) mass is 241 g/mol. The molecule has 1 aliphatic rings. The van der Waals surface area contributed by atoms with Gasteiger partial charge in [0.2, 0.25) is 0 Å². The average molecular weight is 241 g/mol. The lowest BCUT2D eigenvalue weighted by Crippen LogP contribution is -2.32. The summed E-state index contributed by atoms with van der Waals surface area (Å²) in [5.74, 6) is 6.46. The molecule has 3 rings (SSSR count). The number of nitrogens with two attached hydrogens (primary N) is 1. The third-order valence-electron chi connectivity index (χ3n) is 4.10. The fourth-order valence-electron chi connectivity index (χ4n) is 3.18. The highest BCUT2D eigenvalue weighted by atomic mass is 15.2. The lowest BCUT2D eigenvalue weighted by Gasteiger charge is -2.24. The molecule has 1 aromatic carbocycles. The molecule has 1 saturated carbocycles. The van der Waals surface area contributed by atoms with Crippen LogP contribution >= 0.6 is 0 Å². The third-order valence-corrected chi connectivity index (χ3v) is 4.10. The SMILES string of the molecule is NNC(c1cccc2ccncc12)C1CCCC1. The smallest absolute Gasteiger partial charge is 0.0494 e. The number of nitrogens with one attached hydrogen (secondary N) is 1. The fourth-order valence-corrected chi connectivity index (χ4v) is 3.18. The van der Waals surface area contributed by atoms with Crippen molar-refractivity contribution in [3.63, 3.8) is 0 Å². The van der Waals surface area contributed by atoms with Gasteiger partial charge in [0.05, 0.1) is 0 Å². The Balaban J connectivity index is 2.06. The van der Waals surface area contributed by atoms with Gasteiger partial charge in [0.25, 0.3) is 0 Å². The van der Waals surface area contributed by atoms with Gasteiger partial charge in [-0.25, -0.2) is 0 Å². The van der Waals surface area contributed by atoms with Crippen molar-refractivity contribution in [3.8, 4) is 0 Å². The quantitative estimate of drug-likeness (QED) is 0.641. The molecule has 1 aliphatic carbocycles. The van der Waals surface area contributed by atoms with Gasteiger partial charge in [-0.3, -0.25) is 16.3 Å². The van der Waals surface area contributed by atoms with Crippen LogP contribution < -0.4 is 11.3 Å². The lowest BCUT2D eigenvalue weighted by molar-refractivity contribution is 0.375. The van der Waals surface area contributed by atoms with Crippen LogP contribution in [0.2, 0.25) is 0 Å². The summed E-state index contributed by atoms with van der Waals surface area (Å²) in [7, 11) is 0. The van der Waals surface area contributed by atoms with Gasteiger partial charge in [0.15, 0.2) is 0 Å². The first-order chi connectivity index (χ1) is 8.90. The van der Waals surface area contributed by atoms with E-state index in [2.05, 4.69) is 34.7 Å². The van der Waals surface area contributed by atoms with Gasteiger partial charge in [0, 0.05) is 23.8 Å². The van der Waals surface area contributed by atoms with Crippen molar-refractivity contribution < 1.29 is 0 Å². The summed E-state index contributed by atoms with van der Waals surface area (Å²) in [5, 5.41) is 2.45. The van der Waals surface area contributed by atoms with Gasteiger partial charge in [0.1, 0.15) is 0 Å². The largest absolute Gasteiger partial charge is 0.271 e. The highest BCUT2D eigenvalue weighted by Gasteiger charge is 2.26. The molecule has 1 unspecified atom stereocenters. The van der Waals surface area contributed by atoms with Crippen LogP contribution in [-0.4, -0.2) is 4.98 Å². The van der Waals surface area contributed by atoms with Gasteiger partial charge >= 0.3 is 0 Å². The Morgan fingerprint density at radius 1 is 1.22 bits per heavy atom. The Labute approximate surface area is 107 Å². The second-order valence-corrected chi connectivity index (χ2v) is 5.13. The Bertz CT molecular complexity index is 527. The number of fused-ring (bicyclic) bond motifs is 1. The van der Waals surface area contributed by atoms with E-state index in [-0.39, 0.29) is 6.04 Å². The first-order valence-corrected chi connectivity index (χ1v) is 6.69. The minimum atomic E-state index is 0.250. The number of hydrogen-bond acceptors (Lipinski definition) is 3. The zero-order valence-corrected chi connectivity index (χ0v) is 10.5. The molecule has 1 fully saturated rings. The number of hydrazine groups is 1. The maximum Gasteiger partial charge on any atom is 0.0494 e. The molecule has 0 spiro atoms. The molecule has 1 heterocycles. The first kappa shape index (κ1) is 11.6. The van der Waals surface area contributed by atoms with Crippen molar-refractivity contribution in [3.05, 3.63) is 42.2 Å². The standard InChI is InChI=1S/C15H19N3/c16-18-15(12-4-1-2-5-12)13-7-3-6-11-8-9-17-10-14(11)13/h3,6-10,12,15,18H,1-2,4-5,16H2. The predicted molar refractivity (Wildman–Crippen MR) is 73.8 cm³/mol. The zero-order valence-electron chi connectivity index (χ0n) is 10.5. The van der Waals surface area contributed by atoms with Crippen molar-refractivity contribution in [2.24, 2.45) is 11.8 Å². The minimum absolute atomic E-state index is 0.250. The van der Waals surface area contributed by atoms with E-state index in [0.29, 0.717) is 5.92 Å². The van der Waals surface area contributed by atoms with Crippen LogP contribution in [-0.2, 0) is 0 Å². The molecule has 2 aromatic rings. The summed E-state index contributed by atoms with van der Waals surface area (Å²) in [6.07, 6.45) is 8.98. The normalized spacial score (nSPS) is 18.3. The molecule has 3 nitrogen and oxygen atoms in total. The molecule has 0 radical (unpaired) electrons. The number of nitrogens with zero attached hydrogens (tertiary/aromatic N) is 1. The van der Waals surface area contributed by atoms with Crippen LogP contribution in [0.4, 0.5) is 0 Å². The number of rotatable bonds is 3. The molecule has 0 saturated heterocycles. The lowest BCUT2D eigenvalue weighted by atomic mass is 9.89. The Kier molecular flexibility index (Phi) is 3.26. The van der Waals surface area contributed by atoms with Crippen LogP contribution in [0.5, 0.6) is 0 Å². The van der Waals surface area contributed by atoms with Gasteiger partial charge in [-0.1, -0.05) is 31.0 Å². The minimum Gasteiger partial charge on any atom is -0.271 e. The highest BCUT2D eigenvalue weighted by molar-refractivity contribution is 5.85. The Hall–Kier alpha value is -1.45. The summed E-state index contributed by atoms with van der Waals surface area (Å²) in [4.78, 5) is 4.25. The van der Waals surface area contributed by atoms with E-state index in [1.807, 2.05) is 12.4 Å². The van der Waals surface area contributed by atoms with Crippen LogP contribution in [0.1, 0.15) is 37.3 Å². The Morgan fingerprint density at radius 3 is 2.83 bits per heavy atom. The second-order valence-electron chi connectivity index (χ2n) is 5.13. The molecular weight excluding hydrogens is 222 g/mol. The van der Waals surface area contributed by atoms with Gasteiger partial charge < -0.3 is 0 Å². The van der Waals surface area contributed by atoms with Gasteiger partial charge in [-0.15, -0.1) is 0 Å². The summed E-state index contributed by atoms with van der Waals surface area (Å²) >= 11 is 0. The van der Waals surface area contributed by atoms with Gasteiger partial charge in [-0.2, -0.15) is 0 Å². The Morgan fingerprint density at radius 2 is 2.06 bits per heavy atom. The molecule has 1 aromatic heterocycles. The van der Waals surface area contributed by atoms with Crippen molar-refractivity contribution in [2.45, 2.75) is 31.7 Å². The van der Waals surface area contributed by atoms with Crippen LogP contribution in [0.3, 0.4) is 0 Å². The molecule has 1 atom stereocenters. The molecule has 0 aliphatic heterocycles. The summed E-state index contributed by atoms with van der Waals surface area (Å²) in [6, 6.07) is 8.72. The molecule has 94 valence electrons. The highest BCUT2D eigenvalue weighted by Crippen LogP contribution is 2.37. The van der Waals surface area contributed by atoms with Crippen LogP contribution in [0, 0.1) is 5.92 Å². The molecule has 0 amide bonds. The van der Waals surface area contributed by atoms with E-state index in [0.717, 1.165) is 0 Å². The maximum absolute atomic E-state index is 5.81. The third kappa shape index (κ3) is 2.00. The average Bonchev–Trinajstić information content (AvgIpc) is 2.94. The predicted octanol–water partition coefficient (Wildman–Crippen LogP) is 2.93. The van der Waals surface area contributed by atoms with E-state index in [1.54, 1.807) is 0 Å². The maximum atomic E-state index is 5.81. The van der Waals surface area contributed by atoms with Crippen molar-refractivity contribution >= 4 is 10.8 Å². The summed E-state index contributed by atoms with van der Waals surface area (Å²) < 4.78 is 0. The molecule has 3 N–H and O–H groups in total. The van der Waals surface area contributed by atoms with Crippen molar-refractivity contribution in [2.75, 3.05) is 0 Å². The van der Waals surface area contributed by atoms with E-state index in [1.165, 1.54) is 42.0 Å². The van der Waals surface area contributed by atoms with Crippen LogP contribution in [0.15, 0.2) is 36.7 Å². The van der Waals surface area contributed by atoms with Crippen molar-refractivity contribution in [1.82, 2.24) is 10.4 Å². The number of pyridine rings is 1. The van der Waals surface area contributed by atoms with Gasteiger partial charge in [-0.05, 0) is 35.8 Å². The summed E-state index contributed by atoms with van der Waals surface area (Å²) in [5.41, 5.74) is 4.31. The number of hydrogen-bond donors (Lipinski definition) is 2. The topological polar surface area (TPSA) is 50.9 Å². The molecular formula is C15H19N3. The van der Waals surface area contributed by atoms with E-state index < -0.39 is 0 Å². The molecule has 18 heavy (non-hydrogen) atoms. The molecule has 0 bridgehead atoms.